The van der Waals surface area contributed by atoms with E-state index in [2.05, 4.69) is 10.4 Å². The minimum atomic E-state index is -0.271. The molecule has 0 spiro atoms. The molecule has 6 nitrogen and oxygen atoms in total. The lowest BCUT2D eigenvalue weighted by molar-refractivity contribution is -0.150. The molecule has 3 rings (SSSR count). The van der Waals surface area contributed by atoms with Gasteiger partial charge in [0.05, 0.1) is 12.1 Å². The van der Waals surface area contributed by atoms with Gasteiger partial charge in [0.15, 0.2) is 6.61 Å². The maximum atomic E-state index is 12.0. The Bertz CT molecular complexity index is 549. The Hall–Kier alpha value is -1.85. The predicted octanol–water partition coefficient (Wildman–Crippen LogP) is 1.52. The number of nitrogens with zero attached hydrogens (tertiary/aromatic N) is 2. The molecular weight excluding hydrogens is 282 g/mol. The van der Waals surface area contributed by atoms with Gasteiger partial charge in [-0.15, -0.1) is 0 Å². The Morgan fingerprint density at radius 3 is 2.82 bits per heavy atom. The van der Waals surface area contributed by atoms with Crippen molar-refractivity contribution in [3.63, 3.8) is 0 Å². The van der Waals surface area contributed by atoms with Crippen LogP contribution in [0.3, 0.4) is 0 Å². The standard InChI is InChI=1S/C16H23N3O3/c1-19-9-11(8-17-19)13-7-14(13)16(21)22-10-15(20)18-12-5-3-2-4-6-12/h8-9,12-14H,2-7,10H2,1H3,(H,18,20)/t13-,14-/m0/s1. The number of nitrogens with one attached hydrogen (secondary N) is 1. The van der Waals surface area contributed by atoms with Crippen molar-refractivity contribution < 1.29 is 14.3 Å². The molecule has 1 heterocycles. The smallest absolute Gasteiger partial charge is 0.310 e. The van der Waals surface area contributed by atoms with Crippen LogP contribution in [0.25, 0.3) is 0 Å². The summed E-state index contributed by atoms with van der Waals surface area (Å²) in [5.74, 6) is -0.374. The first-order chi connectivity index (χ1) is 10.6. The molecule has 1 aromatic rings. The van der Waals surface area contributed by atoms with Crippen LogP contribution in [0.1, 0.15) is 50.0 Å². The average molecular weight is 305 g/mol. The number of rotatable bonds is 5. The molecular formula is C16H23N3O3. The van der Waals surface area contributed by atoms with Crippen LogP contribution in [0, 0.1) is 5.92 Å². The highest BCUT2D eigenvalue weighted by atomic mass is 16.5. The molecule has 1 amide bonds. The quantitative estimate of drug-likeness (QED) is 0.837. The minimum absolute atomic E-state index is 0.119. The van der Waals surface area contributed by atoms with E-state index in [1.807, 2.05) is 13.2 Å². The van der Waals surface area contributed by atoms with Gasteiger partial charge in [-0.2, -0.15) is 5.10 Å². The number of aromatic nitrogens is 2. The van der Waals surface area contributed by atoms with Crippen LogP contribution in [0.5, 0.6) is 0 Å². The van der Waals surface area contributed by atoms with Gasteiger partial charge in [-0.05, 0) is 24.8 Å². The summed E-state index contributed by atoms with van der Waals surface area (Å²) in [5.41, 5.74) is 1.07. The van der Waals surface area contributed by atoms with E-state index < -0.39 is 0 Å². The highest BCUT2D eigenvalue weighted by Crippen LogP contribution is 2.47. The molecule has 1 aromatic heterocycles. The summed E-state index contributed by atoms with van der Waals surface area (Å²) >= 11 is 0. The second kappa shape index (κ2) is 6.50. The normalized spacial score (nSPS) is 24.8. The molecule has 0 bridgehead atoms. The third kappa shape index (κ3) is 3.67. The second-order valence-corrected chi connectivity index (χ2v) is 6.41. The van der Waals surface area contributed by atoms with Crippen molar-refractivity contribution in [2.45, 2.75) is 50.5 Å². The third-order valence-electron chi connectivity index (χ3n) is 4.56. The number of amides is 1. The van der Waals surface area contributed by atoms with Crippen molar-refractivity contribution in [3.8, 4) is 0 Å². The van der Waals surface area contributed by atoms with E-state index in [-0.39, 0.29) is 36.4 Å². The van der Waals surface area contributed by atoms with Gasteiger partial charge in [-0.3, -0.25) is 14.3 Å². The van der Waals surface area contributed by atoms with Crippen LogP contribution in [0.2, 0.25) is 0 Å². The number of carbonyl (C=O) groups excluding carboxylic acids is 2. The Kier molecular flexibility index (Phi) is 4.45. The van der Waals surface area contributed by atoms with E-state index in [9.17, 15) is 9.59 Å². The van der Waals surface area contributed by atoms with E-state index >= 15 is 0 Å². The first-order valence-electron chi connectivity index (χ1n) is 8.08. The van der Waals surface area contributed by atoms with Crippen molar-refractivity contribution >= 4 is 11.9 Å². The van der Waals surface area contributed by atoms with Gasteiger partial charge < -0.3 is 10.1 Å². The summed E-state index contributed by atoms with van der Waals surface area (Å²) in [5, 5.41) is 7.06. The fourth-order valence-electron chi connectivity index (χ4n) is 3.22. The van der Waals surface area contributed by atoms with Crippen LogP contribution in [-0.4, -0.2) is 34.3 Å². The molecule has 2 fully saturated rings. The summed E-state index contributed by atoms with van der Waals surface area (Å²) in [7, 11) is 1.86. The highest BCUT2D eigenvalue weighted by Gasteiger charge is 2.46. The van der Waals surface area contributed by atoms with Crippen molar-refractivity contribution in [1.82, 2.24) is 15.1 Å². The van der Waals surface area contributed by atoms with Gasteiger partial charge >= 0.3 is 5.97 Å². The van der Waals surface area contributed by atoms with Gasteiger partial charge in [0.25, 0.3) is 5.91 Å². The SMILES string of the molecule is Cn1cc([C@@H]2C[C@@H]2C(=O)OCC(=O)NC2CCCCC2)cn1. The van der Waals surface area contributed by atoms with E-state index in [0.717, 1.165) is 24.8 Å². The highest BCUT2D eigenvalue weighted by molar-refractivity contribution is 5.83. The fourth-order valence-corrected chi connectivity index (χ4v) is 3.22. The summed E-state index contributed by atoms with van der Waals surface area (Å²) in [6.07, 6.45) is 10.1. The molecule has 2 aliphatic carbocycles. The number of esters is 1. The van der Waals surface area contributed by atoms with E-state index in [0.29, 0.717) is 0 Å². The Morgan fingerprint density at radius 2 is 2.14 bits per heavy atom. The zero-order valence-corrected chi connectivity index (χ0v) is 13.0. The van der Waals surface area contributed by atoms with Gasteiger partial charge in [0.2, 0.25) is 0 Å². The van der Waals surface area contributed by atoms with E-state index in [4.69, 9.17) is 4.74 Å². The monoisotopic (exact) mass is 305 g/mol. The zero-order chi connectivity index (χ0) is 15.5. The van der Waals surface area contributed by atoms with Crippen LogP contribution >= 0.6 is 0 Å². The summed E-state index contributed by atoms with van der Waals surface area (Å²) in [4.78, 5) is 23.8. The van der Waals surface area contributed by atoms with E-state index in [1.54, 1.807) is 10.9 Å². The molecule has 2 atom stereocenters. The van der Waals surface area contributed by atoms with Gasteiger partial charge in [-0.25, -0.2) is 0 Å². The van der Waals surface area contributed by atoms with Crippen molar-refractivity contribution in [1.29, 1.82) is 0 Å². The lowest BCUT2D eigenvalue weighted by Crippen LogP contribution is -2.38. The van der Waals surface area contributed by atoms with E-state index in [1.165, 1.54) is 19.3 Å². The minimum Gasteiger partial charge on any atom is -0.455 e. The Balaban J connectivity index is 1.38. The van der Waals surface area contributed by atoms with Gasteiger partial charge in [0, 0.05) is 25.2 Å². The number of aryl methyl sites for hydroxylation is 1. The van der Waals surface area contributed by atoms with Crippen LogP contribution in [0.4, 0.5) is 0 Å². The molecule has 0 unspecified atom stereocenters. The van der Waals surface area contributed by atoms with Gasteiger partial charge in [0.1, 0.15) is 0 Å². The predicted molar refractivity (Wildman–Crippen MR) is 80.0 cm³/mol. The van der Waals surface area contributed by atoms with Crippen LogP contribution in [0.15, 0.2) is 12.4 Å². The topological polar surface area (TPSA) is 73.2 Å². The molecule has 0 aromatic carbocycles. The Morgan fingerprint density at radius 1 is 1.36 bits per heavy atom. The summed E-state index contributed by atoms with van der Waals surface area (Å²) < 4.78 is 6.88. The number of hydrogen-bond donors (Lipinski definition) is 1. The third-order valence-corrected chi connectivity index (χ3v) is 4.56. The maximum absolute atomic E-state index is 12.0. The molecule has 6 heteroatoms. The van der Waals surface area contributed by atoms with Crippen LogP contribution < -0.4 is 5.32 Å². The number of ether oxygens (including phenoxy) is 1. The molecule has 0 radical (unpaired) electrons. The Labute approximate surface area is 130 Å². The molecule has 1 N–H and O–H groups in total. The van der Waals surface area contributed by atoms with Crippen molar-refractivity contribution in [3.05, 3.63) is 18.0 Å². The molecule has 2 aliphatic rings. The maximum Gasteiger partial charge on any atom is 0.310 e. The molecule has 0 saturated heterocycles. The fraction of sp³-hybridized carbons (Fsp3) is 0.688. The lowest BCUT2D eigenvalue weighted by atomic mass is 9.95. The largest absolute Gasteiger partial charge is 0.455 e. The van der Waals surface area contributed by atoms with Crippen LogP contribution in [-0.2, 0) is 21.4 Å². The number of hydrogen-bond acceptors (Lipinski definition) is 4. The summed E-state index contributed by atoms with van der Waals surface area (Å²) in [6, 6.07) is 0.254. The lowest BCUT2D eigenvalue weighted by Gasteiger charge is -2.22. The van der Waals surface area contributed by atoms with Crippen molar-refractivity contribution in [2.75, 3.05) is 6.61 Å². The molecule has 0 aliphatic heterocycles. The molecule has 2 saturated carbocycles. The molecule has 120 valence electrons. The average Bonchev–Trinajstić information content (AvgIpc) is 3.21. The first-order valence-corrected chi connectivity index (χ1v) is 8.08. The first kappa shape index (κ1) is 15.1. The summed E-state index contributed by atoms with van der Waals surface area (Å²) in [6.45, 7) is -0.161. The van der Waals surface area contributed by atoms with Crippen molar-refractivity contribution in [2.24, 2.45) is 13.0 Å². The zero-order valence-electron chi connectivity index (χ0n) is 13.0. The van der Waals surface area contributed by atoms with Gasteiger partial charge in [-0.1, -0.05) is 19.3 Å². The number of carbonyl (C=O) groups is 2. The second-order valence-electron chi connectivity index (χ2n) is 6.41. The molecule has 22 heavy (non-hydrogen) atoms.